The summed E-state index contributed by atoms with van der Waals surface area (Å²) in [5.74, 6) is -1.79. The first-order valence-electron chi connectivity index (χ1n) is 10.5. The maximum Gasteiger partial charge on any atom is 0.429 e. The maximum atomic E-state index is 12.5. The van der Waals surface area contributed by atoms with Crippen molar-refractivity contribution >= 4 is 35.7 Å². The van der Waals surface area contributed by atoms with E-state index in [1.54, 1.807) is 41.5 Å². The maximum absolute atomic E-state index is 12.5. The summed E-state index contributed by atoms with van der Waals surface area (Å²) in [5.41, 5.74) is 0.965. The van der Waals surface area contributed by atoms with Crippen LogP contribution in [0.25, 0.3) is 0 Å². The van der Waals surface area contributed by atoms with Gasteiger partial charge in [-0.3, -0.25) is 9.59 Å². The van der Waals surface area contributed by atoms with E-state index in [4.69, 9.17) is 14.2 Å². The Hall–Kier alpha value is -3.89. The molecule has 1 aliphatic heterocycles. The Bertz CT molecular complexity index is 986. The van der Waals surface area contributed by atoms with E-state index in [0.29, 0.717) is 0 Å². The van der Waals surface area contributed by atoms with Crippen LogP contribution in [0.5, 0.6) is 0 Å². The second-order valence-corrected chi connectivity index (χ2v) is 9.28. The summed E-state index contributed by atoms with van der Waals surface area (Å²) in [7, 11) is 0. The smallest absolute Gasteiger partial charge is 0.429 e. The van der Waals surface area contributed by atoms with Crippen LogP contribution in [0.1, 0.15) is 51.9 Å². The molecule has 0 radical (unpaired) electrons. The van der Waals surface area contributed by atoms with Gasteiger partial charge in [-0.25, -0.2) is 29.7 Å². The Labute approximate surface area is 197 Å². The lowest BCUT2D eigenvalue weighted by atomic mass is 10.2. The minimum atomic E-state index is -0.883. The Balaban J connectivity index is 2.03. The second-order valence-electron chi connectivity index (χ2n) is 9.28. The number of hydrogen-bond acceptors (Lipinski definition) is 8. The van der Waals surface area contributed by atoms with Crippen molar-refractivity contribution in [2.24, 2.45) is 0 Å². The summed E-state index contributed by atoms with van der Waals surface area (Å²) < 4.78 is 15.6. The SMILES string of the molecule is CC(C)(C)OC(=O)NN(CCOC(=O)c1cccc(N2C(=O)C=CC2=O)c1)C(=O)OC(C)(C)C. The van der Waals surface area contributed by atoms with E-state index in [-0.39, 0.29) is 24.4 Å². The number of hydrazine groups is 1. The van der Waals surface area contributed by atoms with Gasteiger partial charge in [0.25, 0.3) is 11.8 Å². The van der Waals surface area contributed by atoms with Gasteiger partial charge in [-0.05, 0) is 59.7 Å². The van der Waals surface area contributed by atoms with Crippen LogP contribution in [0.3, 0.4) is 0 Å². The van der Waals surface area contributed by atoms with Crippen molar-refractivity contribution in [2.45, 2.75) is 52.7 Å². The van der Waals surface area contributed by atoms with E-state index in [1.165, 1.54) is 24.3 Å². The van der Waals surface area contributed by atoms with E-state index in [9.17, 15) is 24.0 Å². The fraction of sp³-hybridized carbons (Fsp3) is 0.435. The molecule has 0 bridgehead atoms. The summed E-state index contributed by atoms with van der Waals surface area (Å²) in [6, 6.07) is 5.81. The van der Waals surface area contributed by atoms with Gasteiger partial charge in [0.05, 0.1) is 17.8 Å². The van der Waals surface area contributed by atoms with Crippen LogP contribution in [0.15, 0.2) is 36.4 Å². The first-order valence-corrected chi connectivity index (χ1v) is 10.5. The number of esters is 1. The minimum absolute atomic E-state index is 0.0916. The molecule has 11 heteroatoms. The third-order valence-corrected chi connectivity index (χ3v) is 3.94. The van der Waals surface area contributed by atoms with Gasteiger partial charge in [-0.2, -0.15) is 0 Å². The van der Waals surface area contributed by atoms with Gasteiger partial charge in [0.15, 0.2) is 0 Å². The van der Waals surface area contributed by atoms with Gasteiger partial charge in [0, 0.05) is 12.2 Å². The summed E-state index contributed by atoms with van der Waals surface area (Å²) >= 11 is 0. The Morgan fingerprint density at radius 2 is 1.53 bits per heavy atom. The van der Waals surface area contributed by atoms with Crippen LogP contribution in [0, 0.1) is 0 Å². The zero-order chi connectivity index (χ0) is 25.7. The molecule has 1 aromatic rings. The number of nitrogens with zero attached hydrogens (tertiary/aromatic N) is 2. The number of ether oxygens (including phenoxy) is 3. The number of nitrogens with one attached hydrogen (secondary N) is 1. The van der Waals surface area contributed by atoms with E-state index in [1.807, 2.05) is 0 Å². The van der Waals surface area contributed by atoms with Crippen molar-refractivity contribution in [1.82, 2.24) is 10.4 Å². The highest BCUT2D eigenvalue weighted by Gasteiger charge is 2.27. The van der Waals surface area contributed by atoms with E-state index < -0.39 is 41.2 Å². The molecule has 0 fully saturated rings. The normalized spacial score (nSPS) is 13.5. The Morgan fingerprint density at radius 3 is 2.09 bits per heavy atom. The van der Waals surface area contributed by atoms with Crippen molar-refractivity contribution in [3.63, 3.8) is 0 Å². The summed E-state index contributed by atoms with van der Waals surface area (Å²) in [6.07, 6.45) is 0.521. The van der Waals surface area contributed by atoms with Gasteiger partial charge in [0.1, 0.15) is 17.8 Å². The lowest BCUT2D eigenvalue weighted by Crippen LogP contribution is -2.51. The Morgan fingerprint density at radius 1 is 0.941 bits per heavy atom. The topological polar surface area (TPSA) is 132 Å². The molecule has 0 aliphatic carbocycles. The molecular formula is C23H29N3O8. The highest BCUT2D eigenvalue weighted by Crippen LogP contribution is 2.20. The molecule has 34 heavy (non-hydrogen) atoms. The minimum Gasteiger partial charge on any atom is -0.460 e. The van der Waals surface area contributed by atoms with Crippen molar-refractivity contribution in [3.8, 4) is 0 Å². The van der Waals surface area contributed by atoms with Gasteiger partial charge >= 0.3 is 18.2 Å². The van der Waals surface area contributed by atoms with Crippen molar-refractivity contribution in [2.75, 3.05) is 18.1 Å². The zero-order valence-electron chi connectivity index (χ0n) is 20.0. The molecule has 0 saturated heterocycles. The van der Waals surface area contributed by atoms with Crippen molar-refractivity contribution in [3.05, 3.63) is 42.0 Å². The number of carbonyl (C=O) groups is 5. The van der Waals surface area contributed by atoms with Crippen LogP contribution in [-0.4, -0.2) is 59.3 Å². The number of imide groups is 1. The fourth-order valence-corrected chi connectivity index (χ4v) is 2.66. The summed E-state index contributed by atoms with van der Waals surface area (Å²) in [4.78, 5) is 61.7. The van der Waals surface area contributed by atoms with Gasteiger partial charge in [-0.1, -0.05) is 6.07 Å². The lowest BCUT2D eigenvalue weighted by molar-refractivity contribution is -0.120. The molecule has 0 atom stereocenters. The standard InChI is InChI=1S/C23H29N3O8/c1-22(2,3)33-20(30)24-25(21(31)34-23(4,5)6)12-13-32-19(29)15-8-7-9-16(14-15)26-17(27)10-11-18(26)28/h7-11,14H,12-13H2,1-6H3,(H,24,30). The molecule has 1 aliphatic rings. The second kappa shape index (κ2) is 10.4. The first-order chi connectivity index (χ1) is 15.7. The van der Waals surface area contributed by atoms with E-state index in [2.05, 4.69) is 5.43 Å². The monoisotopic (exact) mass is 475 g/mol. The average Bonchev–Trinajstić information content (AvgIpc) is 3.02. The first kappa shape index (κ1) is 26.4. The zero-order valence-corrected chi connectivity index (χ0v) is 20.0. The molecule has 184 valence electrons. The van der Waals surface area contributed by atoms with Gasteiger partial charge in [0.2, 0.25) is 0 Å². The predicted molar refractivity (Wildman–Crippen MR) is 121 cm³/mol. The number of hydrogen-bond donors (Lipinski definition) is 1. The quantitative estimate of drug-likeness (QED) is 0.298. The lowest BCUT2D eigenvalue weighted by Gasteiger charge is -2.28. The van der Waals surface area contributed by atoms with Crippen LogP contribution in [0.4, 0.5) is 15.3 Å². The van der Waals surface area contributed by atoms with Crippen molar-refractivity contribution < 1.29 is 38.2 Å². The summed E-state index contributed by atoms with van der Waals surface area (Å²) in [5, 5.41) is 0.844. The Kier molecular flexibility index (Phi) is 8.04. The molecule has 0 unspecified atom stereocenters. The fourth-order valence-electron chi connectivity index (χ4n) is 2.66. The highest BCUT2D eigenvalue weighted by molar-refractivity contribution is 6.28. The third-order valence-electron chi connectivity index (χ3n) is 3.94. The largest absolute Gasteiger partial charge is 0.460 e. The number of benzene rings is 1. The summed E-state index contributed by atoms with van der Waals surface area (Å²) in [6.45, 7) is 9.46. The number of rotatable bonds is 5. The van der Waals surface area contributed by atoms with Gasteiger partial charge in [-0.15, -0.1) is 0 Å². The third kappa shape index (κ3) is 7.91. The predicted octanol–water partition coefficient (Wildman–Crippen LogP) is 2.95. The molecule has 1 heterocycles. The molecule has 2 rings (SSSR count). The average molecular weight is 475 g/mol. The molecule has 0 saturated carbocycles. The molecule has 0 aromatic heterocycles. The molecule has 1 aromatic carbocycles. The molecule has 0 spiro atoms. The number of amides is 4. The van der Waals surface area contributed by atoms with Gasteiger partial charge < -0.3 is 14.2 Å². The molecular weight excluding hydrogens is 446 g/mol. The molecule has 4 amide bonds. The highest BCUT2D eigenvalue weighted by atomic mass is 16.6. The van der Waals surface area contributed by atoms with Crippen LogP contribution < -0.4 is 10.3 Å². The number of carbonyl (C=O) groups excluding carboxylic acids is 5. The molecule has 1 N–H and O–H groups in total. The van der Waals surface area contributed by atoms with E-state index in [0.717, 1.165) is 22.1 Å². The molecule has 11 nitrogen and oxygen atoms in total. The van der Waals surface area contributed by atoms with Crippen molar-refractivity contribution in [1.29, 1.82) is 0 Å². The van der Waals surface area contributed by atoms with Crippen LogP contribution in [0.2, 0.25) is 0 Å². The van der Waals surface area contributed by atoms with E-state index >= 15 is 0 Å². The van der Waals surface area contributed by atoms with Crippen LogP contribution in [-0.2, 0) is 23.8 Å². The van der Waals surface area contributed by atoms with Crippen LogP contribution >= 0.6 is 0 Å². The number of anilines is 1.